The van der Waals surface area contributed by atoms with Crippen molar-refractivity contribution in [2.24, 2.45) is 0 Å². The maximum absolute atomic E-state index is 11.8. The minimum atomic E-state index is -0.751. The lowest BCUT2D eigenvalue weighted by atomic mass is 10.1. The largest absolute Gasteiger partial charge is 0.481 e. The van der Waals surface area contributed by atoms with Crippen LogP contribution in [0.1, 0.15) is 37.7 Å². The third kappa shape index (κ3) is 6.77. The lowest BCUT2D eigenvalue weighted by Gasteiger charge is -2.16. The zero-order valence-corrected chi connectivity index (χ0v) is 11.8. The number of aromatic amines is 1. The molecule has 0 aliphatic rings. The fraction of sp³-hybridized carbons (Fsp3) is 0.615. The maximum atomic E-state index is 11.8. The fourth-order valence-electron chi connectivity index (χ4n) is 1.79. The average molecular weight is 282 g/mol. The SMILES string of the molecule is CN(Cc1cn[nH]c1)C(=O)NCCCCCCC(=O)O. The summed E-state index contributed by atoms with van der Waals surface area (Å²) in [5.41, 5.74) is 0.955. The van der Waals surface area contributed by atoms with Gasteiger partial charge in [0.2, 0.25) is 0 Å². The lowest BCUT2D eigenvalue weighted by Crippen LogP contribution is -2.37. The minimum absolute atomic E-state index is 0.114. The Morgan fingerprint density at radius 1 is 1.35 bits per heavy atom. The highest BCUT2D eigenvalue weighted by Gasteiger charge is 2.08. The van der Waals surface area contributed by atoms with Crippen LogP contribution in [0.15, 0.2) is 12.4 Å². The van der Waals surface area contributed by atoms with Gasteiger partial charge in [0.15, 0.2) is 0 Å². The van der Waals surface area contributed by atoms with Crippen molar-refractivity contribution in [3.63, 3.8) is 0 Å². The van der Waals surface area contributed by atoms with E-state index in [0.717, 1.165) is 24.8 Å². The number of carboxylic acid groups (broad SMARTS) is 1. The van der Waals surface area contributed by atoms with Crippen molar-refractivity contribution in [2.75, 3.05) is 13.6 Å². The smallest absolute Gasteiger partial charge is 0.317 e. The molecule has 7 heteroatoms. The Morgan fingerprint density at radius 2 is 2.10 bits per heavy atom. The van der Waals surface area contributed by atoms with Crippen molar-refractivity contribution in [3.8, 4) is 0 Å². The topological polar surface area (TPSA) is 98.3 Å². The molecule has 3 N–H and O–H groups in total. The van der Waals surface area contributed by atoms with Gasteiger partial charge < -0.3 is 15.3 Å². The van der Waals surface area contributed by atoms with Gasteiger partial charge in [0.05, 0.1) is 12.7 Å². The van der Waals surface area contributed by atoms with Gasteiger partial charge in [0, 0.05) is 31.8 Å². The molecular weight excluding hydrogens is 260 g/mol. The third-order valence-corrected chi connectivity index (χ3v) is 2.91. The van der Waals surface area contributed by atoms with Gasteiger partial charge in [-0.1, -0.05) is 12.8 Å². The predicted molar refractivity (Wildman–Crippen MR) is 74.2 cm³/mol. The van der Waals surface area contributed by atoms with Crippen molar-refractivity contribution < 1.29 is 14.7 Å². The Bertz CT molecular complexity index is 406. The number of H-pyrrole nitrogens is 1. The number of carbonyl (C=O) groups excluding carboxylic acids is 1. The number of amides is 2. The Kier molecular flexibility index (Phi) is 7.16. The first kappa shape index (κ1) is 16.0. The van der Waals surface area contributed by atoms with E-state index in [1.165, 1.54) is 0 Å². The van der Waals surface area contributed by atoms with Crippen molar-refractivity contribution in [1.82, 2.24) is 20.4 Å². The summed E-state index contributed by atoms with van der Waals surface area (Å²) < 4.78 is 0. The standard InChI is InChI=1S/C13H22N4O3/c1-17(10-11-8-15-16-9-11)13(20)14-7-5-3-2-4-6-12(18)19/h8-9H,2-7,10H2,1H3,(H,14,20)(H,15,16)(H,18,19). The molecule has 0 aliphatic carbocycles. The van der Waals surface area contributed by atoms with Gasteiger partial charge >= 0.3 is 12.0 Å². The van der Waals surface area contributed by atoms with E-state index in [4.69, 9.17) is 5.11 Å². The van der Waals surface area contributed by atoms with Crippen molar-refractivity contribution in [2.45, 2.75) is 38.6 Å². The first-order valence-electron chi connectivity index (χ1n) is 6.78. The summed E-state index contributed by atoms with van der Waals surface area (Å²) in [6, 6.07) is -0.114. The number of rotatable bonds is 9. The lowest BCUT2D eigenvalue weighted by molar-refractivity contribution is -0.137. The van der Waals surface area contributed by atoms with Crippen LogP contribution in [0.2, 0.25) is 0 Å². The molecule has 0 atom stereocenters. The Hall–Kier alpha value is -2.05. The average Bonchev–Trinajstić information content (AvgIpc) is 2.89. The summed E-state index contributed by atoms with van der Waals surface area (Å²) in [6.07, 6.45) is 7.04. The molecule has 0 saturated carbocycles. The summed E-state index contributed by atoms with van der Waals surface area (Å²) in [4.78, 5) is 23.7. The van der Waals surface area contributed by atoms with E-state index >= 15 is 0 Å². The number of carbonyl (C=O) groups is 2. The molecule has 1 rings (SSSR count). The number of aliphatic carboxylic acids is 1. The molecule has 0 fully saturated rings. The van der Waals surface area contributed by atoms with E-state index in [0.29, 0.717) is 19.5 Å². The van der Waals surface area contributed by atoms with E-state index < -0.39 is 5.97 Å². The second-order valence-electron chi connectivity index (χ2n) is 4.75. The highest BCUT2D eigenvalue weighted by atomic mass is 16.4. The molecule has 112 valence electrons. The number of hydrogen-bond acceptors (Lipinski definition) is 3. The second-order valence-corrected chi connectivity index (χ2v) is 4.75. The van der Waals surface area contributed by atoms with Gasteiger partial charge in [-0.15, -0.1) is 0 Å². The van der Waals surface area contributed by atoms with Crippen LogP contribution in [0.3, 0.4) is 0 Å². The number of nitrogens with zero attached hydrogens (tertiary/aromatic N) is 2. The quantitative estimate of drug-likeness (QED) is 0.599. The van der Waals surface area contributed by atoms with Crippen LogP contribution in [-0.2, 0) is 11.3 Å². The fourth-order valence-corrected chi connectivity index (χ4v) is 1.79. The monoisotopic (exact) mass is 282 g/mol. The van der Waals surface area contributed by atoms with Crippen LogP contribution < -0.4 is 5.32 Å². The third-order valence-electron chi connectivity index (χ3n) is 2.91. The normalized spacial score (nSPS) is 10.2. The van der Waals surface area contributed by atoms with Crippen LogP contribution in [0.5, 0.6) is 0 Å². The van der Waals surface area contributed by atoms with E-state index in [9.17, 15) is 9.59 Å². The molecule has 0 aromatic carbocycles. The molecule has 0 bridgehead atoms. The highest BCUT2D eigenvalue weighted by molar-refractivity contribution is 5.73. The molecule has 7 nitrogen and oxygen atoms in total. The van der Waals surface area contributed by atoms with Crippen LogP contribution in [0.4, 0.5) is 4.79 Å². The number of hydrogen-bond donors (Lipinski definition) is 3. The summed E-state index contributed by atoms with van der Waals surface area (Å²) >= 11 is 0. The molecule has 1 aromatic rings. The minimum Gasteiger partial charge on any atom is -0.481 e. The molecule has 1 heterocycles. The number of aromatic nitrogens is 2. The summed E-state index contributed by atoms with van der Waals surface area (Å²) in [7, 11) is 1.73. The molecule has 0 radical (unpaired) electrons. The molecule has 0 saturated heterocycles. The Balaban J connectivity index is 2.03. The second kappa shape index (κ2) is 8.95. The molecular formula is C13H22N4O3. The van der Waals surface area contributed by atoms with Crippen LogP contribution >= 0.6 is 0 Å². The Labute approximate surface area is 118 Å². The molecule has 0 aliphatic heterocycles. The molecule has 20 heavy (non-hydrogen) atoms. The molecule has 0 unspecified atom stereocenters. The first-order chi connectivity index (χ1) is 9.59. The number of unbranched alkanes of at least 4 members (excludes halogenated alkanes) is 3. The molecule has 2 amide bonds. The van der Waals surface area contributed by atoms with Crippen molar-refractivity contribution in [1.29, 1.82) is 0 Å². The zero-order valence-electron chi connectivity index (χ0n) is 11.8. The van der Waals surface area contributed by atoms with E-state index in [-0.39, 0.29) is 12.5 Å². The number of urea groups is 1. The molecule has 1 aromatic heterocycles. The van der Waals surface area contributed by atoms with E-state index in [1.54, 1.807) is 24.3 Å². The van der Waals surface area contributed by atoms with Crippen LogP contribution in [0.25, 0.3) is 0 Å². The van der Waals surface area contributed by atoms with Gasteiger partial charge in [-0.3, -0.25) is 9.89 Å². The van der Waals surface area contributed by atoms with Crippen LogP contribution in [0, 0.1) is 0 Å². The van der Waals surface area contributed by atoms with Gasteiger partial charge in [-0.2, -0.15) is 5.10 Å². The summed E-state index contributed by atoms with van der Waals surface area (Å²) in [5.74, 6) is -0.751. The summed E-state index contributed by atoms with van der Waals surface area (Å²) in [5, 5.41) is 17.9. The maximum Gasteiger partial charge on any atom is 0.317 e. The zero-order chi connectivity index (χ0) is 14.8. The van der Waals surface area contributed by atoms with Gasteiger partial charge in [-0.05, 0) is 12.8 Å². The van der Waals surface area contributed by atoms with Crippen molar-refractivity contribution in [3.05, 3.63) is 18.0 Å². The molecule has 0 spiro atoms. The van der Waals surface area contributed by atoms with Gasteiger partial charge in [0.25, 0.3) is 0 Å². The summed E-state index contributed by atoms with van der Waals surface area (Å²) in [6.45, 7) is 1.13. The van der Waals surface area contributed by atoms with Crippen molar-refractivity contribution >= 4 is 12.0 Å². The highest BCUT2D eigenvalue weighted by Crippen LogP contribution is 2.03. The number of carboxylic acids is 1. The van der Waals surface area contributed by atoms with E-state index in [1.807, 2.05) is 0 Å². The predicted octanol–water partition coefficient (Wildman–Crippen LogP) is 1.59. The Morgan fingerprint density at radius 3 is 2.75 bits per heavy atom. The first-order valence-corrected chi connectivity index (χ1v) is 6.78. The van der Waals surface area contributed by atoms with Gasteiger partial charge in [0.1, 0.15) is 0 Å². The number of nitrogens with one attached hydrogen (secondary N) is 2. The van der Waals surface area contributed by atoms with Crippen LogP contribution in [-0.4, -0.2) is 45.8 Å². The van der Waals surface area contributed by atoms with E-state index in [2.05, 4.69) is 15.5 Å². The van der Waals surface area contributed by atoms with Gasteiger partial charge in [-0.25, -0.2) is 4.79 Å².